The van der Waals surface area contributed by atoms with Crippen LogP contribution in [0, 0.1) is 0 Å². The van der Waals surface area contributed by atoms with Crippen molar-refractivity contribution in [3.8, 4) is 0 Å². The van der Waals surface area contributed by atoms with Gasteiger partial charge in [-0.1, -0.05) is 18.2 Å². The molecule has 18 heavy (non-hydrogen) atoms. The molecule has 4 nitrogen and oxygen atoms in total. The van der Waals surface area contributed by atoms with Gasteiger partial charge >= 0.3 is 0 Å². The fourth-order valence-corrected chi connectivity index (χ4v) is 2.34. The van der Waals surface area contributed by atoms with E-state index in [1.165, 1.54) is 6.26 Å². The van der Waals surface area contributed by atoms with Crippen molar-refractivity contribution in [1.29, 1.82) is 0 Å². The molecule has 1 amide bonds. The third-order valence-electron chi connectivity index (χ3n) is 2.63. The van der Waals surface area contributed by atoms with E-state index in [1.54, 1.807) is 24.1 Å². The number of benzene rings is 1. The highest BCUT2D eigenvalue weighted by atomic mass is 32.2. The first-order valence-electron chi connectivity index (χ1n) is 5.88. The second-order valence-electron chi connectivity index (χ2n) is 4.43. The second-order valence-corrected chi connectivity index (χ2v) is 6.69. The normalized spacial score (nSPS) is 11.2. The van der Waals surface area contributed by atoms with E-state index in [2.05, 4.69) is 0 Å². The molecule has 0 atom stereocenters. The van der Waals surface area contributed by atoms with Gasteiger partial charge in [0.1, 0.15) is 9.84 Å². The Hall–Kier alpha value is -1.36. The highest BCUT2D eigenvalue weighted by molar-refractivity contribution is 7.90. The molecule has 0 bridgehead atoms. The first-order chi connectivity index (χ1) is 8.40. The fraction of sp³-hybridized carbons (Fsp3) is 0.462. The lowest BCUT2D eigenvalue weighted by atomic mass is 10.2. The van der Waals surface area contributed by atoms with Gasteiger partial charge in [0, 0.05) is 31.2 Å². The highest BCUT2D eigenvalue weighted by Crippen LogP contribution is 2.04. The van der Waals surface area contributed by atoms with Gasteiger partial charge in [0.2, 0.25) is 0 Å². The van der Waals surface area contributed by atoms with Gasteiger partial charge in [0.15, 0.2) is 0 Å². The standard InChI is InChI=1S/C13H19NO3S/c1-14(10-6-7-11-18(2,16)17)13(15)12-8-4-3-5-9-12/h3-5,8-9H,6-7,10-11H2,1-2H3. The van der Waals surface area contributed by atoms with Crippen molar-refractivity contribution in [2.45, 2.75) is 12.8 Å². The highest BCUT2D eigenvalue weighted by Gasteiger charge is 2.10. The first-order valence-corrected chi connectivity index (χ1v) is 7.94. The number of nitrogens with zero attached hydrogens (tertiary/aromatic N) is 1. The Kier molecular flexibility index (Phi) is 5.34. The monoisotopic (exact) mass is 269 g/mol. The summed E-state index contributed by atoms with van der Waals surface area (Å²) in [6.07, 6.45) is 2.51. The minimum absolute atomic E-state index is 0.0324. The van der Waals surface area contributed by atoms with Crippen LogP contribution in [0.15, 0.2) is 30.3 Å². The maximum atomic E-state index is 11.9. The molecule has 1 aromatic carbocycles. The Morgan fingerprint density at radius 2 is 1.78 bits per heavy atom. The molecule has 0 unspecified atom stereocenters. The predicted octanol–water partition coefficient (Wildman–Crippen LogP) is 1.58. The molecule has 0 aromatic heterocycles. The van der Waals surface area contributed by atoms with Crippen LogP contribution in [0.25, 0.3) is 0 Å². The fourth-order valence-electron chi connectivity index (χ4n) is 1.62. The van der Waals surface area contributed by atoms with Gasteiger partial charge in [0.05, 0.1) is 0 Å². The topological polar surface area (TPSA) is 54.5 Å². The lowest BCUT2D eigenvalue weighted by Gasteiger charge is -2.16. The number of unbranched alkanes of at least 4 members (excludes halogenated alkanes) is 1. The predicted molar refractivity (Wildman–Crippen MR) is 72.3 cm³/mol. The van der Waals surface area contributed by atoms with Gasteiger partial charge in [-0.15, -0.1) is 0 Å². The van der Waals surface area contributed by atoms with Gasteiger partial charge in [0.25, 0.3) is 5.91 Å². The lowest BCUT2D eigenvalue weighted by molar-refractivity contribution is 0.0793. The molecule has 0 fully saturated rings. The van der Waals surface area contributed by atoms with Crippen LogP contribution in [0.3, 0.4) is 0 Å². The van der Waals surface area contributed by atoms with Crippen LogP contribution in [0.5, 0.6) is 0 Å². The summed E-state index contributed by atoms with van der Waals surface area (Å²) in [5, 5.41) is 0. The van der Waals surface area contributed by atoms with Crippen LogP contribution in [0.1, 0.15) is 23.2 Å². The minimum Gasteiger partial charge on any atom is -0.342 e. The SMILES string of the molecule is CN(CCCCS(C)(=O)=O)C(=O)c1ccccc1. The number of hydrogen-bond donors (Lipinski definition) is 0. The summed E-state index contributed by atoms with van der Waals surface area (Å²) in [7, 11) is -1.17. The van der Waals surface area contributed by atoms with E-state index in [-0.39, 0.29) is 11.7 Å². The minimum atomic E-state index is -2.90. The van der Waals surface area contributed by atoms with Crippen LogP contribution in [0.4, 0.5) is 0 Å². The maximum Gasteiger partial charge on any atom is 0.253 e. The maximum absolute atomic E-state index is 11.9. The van der Waals surface area contributed by atoms with Crippen molar-refractivity contribution in [2.75, 3.05) is 25.6 Å². The third kappa shape index (κ3) is 5.31. The average molecular weight is 269 g/mol. The van der Waals surface area contributed by atoms with Crippen molar-refractivity contribution < 1.29 is 13.2 Å². The van der Waals surface area contributed by atoms with Gasteiger partial charge in [-0.05, 0) is 25.0 Å². The molecular formula is C13H19NO3S. The van der Waals surface area contributed by atoms with Crippen LogP contribution in [0.2, 0.25) is 0 Å². The molecule has 0 N–H and O–H groups in total. The van der Waals surface area contributed by atoms with Crippen molar-refractivity contribution in [1.82, 2.24) is 4.90 Å². The molecule has 0 saturated heterocycles. The largest absolute Gasteiger partial charge is 0.342 e. The molecule has 0 radical (unpaired) electrons. The van der Waals surface area contributed by atoms with Crippen LogP contribution >= 0.6 is 0 Å². The third-order valence-corrected chi connectivity index (χ3v) is 3.66. The van der Waals surface area contributed by atoms with Gasteiger partial charge in [-0.2, -0.15) is 0 Å². The molecule has 5 heteroatoms. The van der Waals surface area contributed by atoms with E-state index in [1.807, 2.05) is 18.2 Å². The number of carbonyl (C=O) groups is 1. The van der Waals surface area contributed by atoms with Gasteiger partial charge < -0.3 is 4.90 Å². The van der Waals surface area contributed by atoms with Crippen molar-refractivity contribution in [2.24, 2.45) is 0 Å². The quantitative estimate of drug-likeness (QED) is 0.737. The van der Waals surface area contributed by atoms with E-state index >= 15 is 0 Å². The number of amides is 1. The van der Waals surface area contributed by atoms with Crippen LogP contribution < -0.4 is 0 Å². The van der Waals surface area contributed by atoms with Crippen LogP contribution in [-0.2, 0) is 9.84 Å². The molecule has 100 valence electrons. The Labute approximate surface area is 109 Å². The smallest absolute Gasteiger partial charge is 0.253 e. The average Bonchev–Trinajstić information content (AvgIpc) is 2.33. The number of rotatable bonds is 6. The molecule has 0 spiro atoms. The molecular weight excluding hydrogens is 250 g/mol. The Morgan fingerprint density at radius 3 is 2.33 bits per heavy atom. The lowest BCUT2D eigenvalue weighted by Crippen LogP contribution is -2.27. The summed E-state index contributed by atoms with van der Waals surface area (Å²) < 4.78 is 21.9. The molecule has 0 heterocycles. The summed E-state index contributed by atoms with van der Waals surface area (Å²) in [6.45, 7) is 0.573. The first kappa shape index (κ1) is 14.7. The summed E-state index contributed by atoms with van der Waals surface area (Å²) in [6, 6.07) is 9.06. The van der Waals surface area contributed by atoms with Gasteiger partial charge in [-0.25, -0.2) is 8.42 Å². The zero-order valence-corrected chi connectivity index (χ0v) is 11.6. The molecule has 0 aliphatic rings. The zero-order valence-electron chi connectivity index (χ0n) is 10.8. The Balaban J connectivity index is 2.38. The molecule has 0 saturated carbocycles. The van der Waals surface area contributed by atoms with E-state index < -0.39 is 9.84 Å². The van der Waals surface area contributed by atoms with E-state index in [0.29, 0.717) is 24.9 Å². The Bertz CT molecular complexity index is 482. The molecule has 0 aliphatic carbocycles. The van der Waals surface area contributed by atoms with E-state index in [0.717, 1.165) is 0 Å². The second kappa shape index (κ2) is 6.54. The number of hydrogen-bond acceptors (Lipinski definition) is 3. The summed E-state index contributed by atoms with van der Waals surface area (Å²) in [5.74, 6) is 0.148. The summed E-state index contributed by atoms with van der Waals surface area (Å²) in [5.41, 5.74) is 0.656. The zero-order chi connectivity index (χ0) is 13.6. The molecule has 0 aliphatic heterocycles. The van der Waals surface area contributed by atoms with Crippen molar-refractivity contribution >= 4 is 15.7 Å². The summed E-state index contributed by atoms with van der Waals surface area (Å²) >= 11 is 0. The van der Waals surface area contributed by atoms with Gasteiger partial charge in [-0.3, -0.25) is 4.79 Å². The number of carbonyl (C=O) groups excluding carboxylic acids is 1. The summed E-state index contributed by atoms with van der Waals surface area (Å²) in [4.78, 5) is 13.6. The Morgan fingerprint density at radius 1 is 1.17 bits per heavy atom. The van der Waals surface area contributed by atoms with E-state index in [9.17, 15) is 13.2 Å². The van der Waals surface area contributed by atoms with Crippen molar-refractivity contribution in [3.63, 3.8) is 0 Å². The number of sulfone groups is 1. The van der Waals surface area contributed by atoms with Crippen LogP contribution in [-0.4, -0.2) is 44.8 Å². The van der Waals surface area contributed by atoms with E-state index in [4.69, 9.17) is 0 Å². The molecule has 1 rings (SSSR count). The molecule has 1 aromatic rings. The van der Waals surface area contributed by atoms with Crippen molar-refractivity contribution in [3.05, 3.63) is 35.9 Å².